The predicted molar refractivity (Wildman–Crippen MR) is 79.4 cm³/mol. The van der Waals surface area contributed by atoms with Crippen molar-refractivity contribution in [2.45, 2.75) is 19.9 Å². The smallest absolute Gasteiger partial charge is 0.271 e. The maximum Gasteiger partial charge on any atom is 0.271 e. The summed E-state index contributed by atoms with van der Waals surface area (Å²) in [7, 11) is 0. The molecule has 1 aliphatic heterocycles. The van der Waals surface area contributed by atoms with Gasteiger partial charge in [0.05, 0.1) is 6.61 Å². The van der Waals surface area contributed by atoms with Crippen molar-refractivity contribution in [1.82, 2.24) is 15.1 Å². The molecule has 1 aromatic heterocycles. The molecule has 0 fully saturated rings. The van der Waals surface area contributed by atoms with Crippen molar-refractivity contribution in [2.75, 3.05) is 13.2 Å². The van der Waals surface area contributed by atoms with Crippen LogP contribution in [-0.2, 0) is 13.0 Å². The van der Waals surface area contributed by atoms with E-state index in [9.17, 15) is 4.79 Å². The second kappa shape index (κ2) is 5.99. The Morgan fingerprint density at radius 3 is 3.10 bits per heavy atom. The molecule has 2 heterocycles. The van der Waals surface area contributed by atoms with E-state index >= 15 is 0 Å². The molecule has 5 heteroatoms. The lowest BCUT2D eigenvalue weighted by Gasteiger charge is -2.25. The fourth-order valence-electron chi connectivity index (χ4n) is 2.51. The first kappa shape index (κ1) is 13.7. The van der Waals surface area contributed by atoms with Crippen LogP contribution in [-0.4, -0.2) is 28.8 Å². The van der Waals surface area contributed by atoms with Crippen LogP contribution in [0.15, 0.2) is 36.5 Å². The highest BCUT2D eigenvalue weighted by molar-refractivity contribution is 5.92. The quantitative estimate of drug-likeness (QED) is 0.933. The van der Waals surface area contributed by atoms with Crippen molar-refractivity contribution in [1.29, 1.82) is 0 Å². The minimum Gasteiger partial charge on any atom is -0.493 e. The number of ether oxygens (including phenoxy) is 1. The van der Waals surface area contributed by atoms with E-state index in [1.807, 2.05) is 31.3 Å². The maximum atomic E-state index is 12.0. The van der Waals surface area contributed by atoms with Crippen molar-refractivity contribution in [3.05, 3.63) is 47.8 Å². The highest BCUT2D eigenvalue weighted by atomic mass is 16.5. The number of aromatic nitrogens is 2. The first-order valence-electron chi connectivity index (χ1n) is 7.28. The number of amides is 1. The van der Waals surface area contributed by atoms with Crippen molar-refractivity contribution >= 4 is 5.91 Å². The zero-order valence-electron chi connectivity index (χ0n) is 12.1. The normalized spacial score (nSPS) is 16.9. The molecule has 0 radical (unpaired) electrons. The fraction of sp³-hybridized carbons (Fsp3) is 0.375. The van der Waals surface area contributed by atoms with Crippen LogP contribution in [0.25, 0.3) is 0 Å². The van der Waals surface area contributed by atoms with E-state index in [-0.39, 0.29) is 5.91 Å². The largest absolute Gasteiger partial charge is 0.493 e. The first-order valence-corrected chi connectivity index (χ1v) is 7.28. The number of nitrogens with zero attached hydrogens (tertiary/aromatic N) is 2. The van der Waals surface area contributed by atoms with Gasteiger partial charge in [-0.2, -0.15) is 5.10 Å². The van der Waals surface area contributed by atoms with Gasteiger partial charge in [0.1, 0.15) is 11.4 Å². The van der Waals surface area contributed by atoms with Crippen LogP contribution in [0.3, 0.4) is 0 Å². The molecule has 5 nitrogen and oxygen atoms in total. The minimum atomic E-state index is -0.124. The van der Waals surface area contributed by atoms with E-state index < -0.39 is 0 Å². The van der Waals surface area contributed by atoms with Crippen LogP contribution in [0.5, 0.6) is 5.75 Å². The molecule has 0 saturated heterocycles. The Morgan fingerprint density at radius 1 is 1.43 bits per heavy atom. The molecule has 1 aliphatic rings. The van der Waals surface area contributed by atoms with E-state index in [4.69, 9.17) is 4.74 Å². The van der Waals surface area contributed by atoms with Gasteiger partial charge in [0.2, 0.25) is 0 Å². The number of nitrogens with one attached hydrogen (secondary N) is 1. The van der Waals surface area contributed by atoms with Gasteiger partial charge in [-0.25, -0.2) is 0 Å². The third-order valence-electron chi connectivity index (χ3n) is 3.70. The van der Waals surface area contributed by atoms with E-state index in [0.29, 0.717) is 24.8 Å². The van der Waals surface area contributed by atoms with E-state index in [2.05, 4.69) is 16.5 Å². The molecule has 21 heavy (non-hydrogen) atoms. The number of hydrogen-bond donors (Lipinski definition) is 1. The fourth-order valence-corrected chi connectivity index (χ4v) is 2.51. The number of fused-ring (bicyclic) bond motifs is 1. The minimum absolute atomic E-state index is 0.124. The molecule has 0 bridgehead atoms. The average Bonchev–Trinajstić information content (AvgIpc) is 3.01. The number of hydrogen-bond acceptors (Lipinski definition) is 3. The highest BCUT2D eigenvalue weighted by Crippen LogP contribution is 2.26. The van der Waals surface area contributed by atoms with Gasteiger partial charge in [0.25, 0.3) is 5.91 Å². The number of benzene rings is 1. The summed E-state index contributed by atoms with van der Waals surface area (Å²) in [5, 5.41) is 7.14. The van der Waals surface area contributed by atoms with Gasteiger partial charge in [0.15, 0.2) is 0 Å². The molecule has 0 saturated carbocycles. The lowest BCUT2D eigenvalue weighted by atomic mass is 9.97. The van der Waals surface area contributed by atoms with Crippen molar-refractivity contribution in [3.8, 4) is 5.75 Å². The average molecular weight is 285 g/mol. The number of carbonyl (C=O) groups excluding carboxylic acids is 1. The molecule has 0 unspecified atom stereocenters. The summed E-state index contributed by atoms with van der Waals surface area (Å²) < 4.78 is 7.47. The molecular weight excluding hydrogens is 266 g/mol. The predicted octanol–water partition coefficient (Wildman–Crippen LogP) is 1.88. The Bertz CT molecular complexity index is 636. The monoisotopic (exact) mass is 285 g/mol. The zero-order valence-corrected chi connectivity index (χ0v) is 12.1. The van der Waals surface area contributed by atoms with Gasteiger partial charge in [0, 0.05) is 25.2 Å². The van der Waals surface area contributed by atoms with E-state index in [1.165, 1.54) is 5.56 Å². The Hall–Kier alpha value is -2.30. The van der Waals surface area contributed by atoms with E-state index in [0.717, 1.165) is 18.7 Å². The van der Waals surface area contributed by atoms with Crippen LogP contribution in [0.4, 0.5) is 0 Å². The van der Waals surface area contributed by atoms with Gasteiger partial charge in [-0.1, -0.05) is 18.2 Å². The molecule has 1 N–H and O–H groups in total. The van der Waals surface area contributed by atoms with Crippen LogP contribution in [0.2, 0.25) is 0 Å². The first-order chi connectivity index (χ1) is 10.3. The number of para-hydroxylation sites is 1. The lowest BCUT2D eigenvalue weighted by Crippen LogP contribution is -2.35. The Kier molecular flexibility index (Phi) is 3.90. The molecule has 2 aromatic rings. The maximum absolute atomic E-state index is 12.0. The topological polar surface area (TPSA) is 56.2 Å². The summed E-state index contributed by atoms with van der Waals surface area (Å²) in [4.78, 5) is 12.0. The second-order valence-electron chi connectivity index (χ2n) is 5.26. The molecule has 0 aliphatic carbocycles. The lowest BCUT2D eigenvalue weighted by molar-refractivity contribution is 0.0933. The Balaban J connectivity index is 1.55. The number of carbonyl (C=O) groups is 1. The third-order valence-corrected chi connectivity index (χ3v) is 3.70. The SMILES string of the molecule is CCn1ccc(C(=O)NC[C@@H]2COc3ccccc3C2)n1. The Morgan fingerprint density at radius 2 is 2.29 bits per heavy atom. The van der Waals surface area contributed by atoms with Crippen LogP contribution >= 0.6 is 0 Å². The summed E-state index contributed by atoms with van der Waals surface area (Å²) in [5.74, 6) is 1.14. The van der Waals surface area contributed by atoms with Gasteiger partial charge < -0.3 is 10.1 Å². The number of rotatable bonds is 4. The second-order valence-corrected chi connectivity index (χ2v) is 5.26. The van der Waals surface area contributed by atoms with Crippen LogP contribution < -0.4 is 10.1 Å². The van der Waals surface area contributed by atoms with Gasteiger partial charge >= 0.3 is 0 Å². The Labute approximate surface area is 123 Å². The van der Waals surface area contributed by atoms with Crippen molar-refractivity contribution in [2.24, 2.45) is 5.92 Å². The summed E-state index contributed by atoms with van der Waals surface area (Å²) in [6, 6.07) is 9.80. The standard InChI is InChI=1S/C16H19N3O2/c1-2-19-8-7-14(18-19)16(20)17-10-12-9-13-5-3-4-6-15(13)21-11-12/h3-8,12H,2,9-11H2,1H3,(H,17,20)/t12-/m1/s1. The molecule has 1 atom stereocenters. The van der Waals surface area contributed by atoms with Crippen LogP contribution in [0.1, 0.15) is 23.0 Å². The molecule has 1 aromatic carbocycles. The van der Waals surface area contributed by atoms with Gasteiger partial charge in [-0.3, -0.25) is 9.48 Å². The van der Waals surface area contributed by atoms with E-state index in [1.54, 1.807) is 10.7 Å². The summed E-state index contributed by atoms with van der Waals surface area (Å²) in [6.45, 7) is 4.00. The molecule has 0 spiro atoms. The molecular formula is C16H19N3O2. The molecule has 1 amide bonds. The zero-order chi connectivity index (χ0) is 14.7. The van der Waals surface area contributed by atoms with Crippen molar-refractivity contribution < 1.29 is 9.53 Å². The summed E-state index contributed by atoms with van der Waals surface area (Å²) >= 11 is 0. The van der Waals surface area contributed by atoms with Gasteiger partial charge in [-0.15, -0.1) is 0 Å². The van der Waals surface area contributed by atoms with Gasteiger partial charge in [-0.05, 0) is 31.0 Å². The third kappa shape index (κ3) is 3.07. The summed E-state index contributed by atoms with van der Waals surface area (Å²) in [6.07, 6.45) is 2.74. The molecule has 110 valence electrons. The number of aryl methyl sites for hydroxylation is 1. The highest BCUT2D eigenvalue weighted by Gasteiger charge is 2.20. The molecule has 3 rings (SSSR count). The van der Waals surface area contributed by atoms with Crippen LogP contribution in [0, 0.1) is 5.92 Å². The van der Waals surface area contributed by atoms with Crippen molar-refractivity contribution in [3.63, 3.8) is 0 Å². The summed E-state index contributed by atoms with van der Waals surface area (Å²) in [5.41, 5.74) is 1.67.